The molecule has 1 aromatic rings. The van der Waals surface area contributed by atoms with E-state index < -0.39 is 61.7 Å². The Morgan fingerprint density at radius 2 is 1.70 bits per heavy atom. The number of carbonyl (C=O) groups is 2. The molecule has 2 unspecified atom stereocenters. The number of nitrogens with zero attached hydrogens (tertiary/aromatic N) is 3. The maximum atomic E-state index is 13.2. The van der Waals surface area contributed by atoms with Gasteiger partial charge in [0.2, 0.25) is 19.3 Å². The van der Waals surface area contributed by atoms with Crippen LogP contribution in [0.5, 0.6) is 0 Å². The van der Waals surface area contributed by atoms with E-state index in [2.05, 4.69) is 16.0 Å². The lowest BCUT2D eigenvalue weighted by Gasteiger charge is -2.25. The molecule has 37 heavy (non-hydrogen) atoms. The summed E-state index contributed by atoms with van der Waals surface area (Å²) in [6, 6.07) is 0. The number of anilines is 1. The number of phosphoric acid groups is 1. The van der Waals surface area contributed by atoms with Crippen LogP contribution in [0.3, 0.4) is 0 Å². The number of rotatable bonds is 10. The molecule has 206 valence electrons. The molecule has 2 atom stereocenters. The van der Waals surface area contributed by atoms with Gasteiger partial charge in [-0.1, -0.05) is 0 Å². The Kier molecular flexibility index (Phi) is 9.62. The second-order valence-corrected chi connectivity index (χ2v) is 11.9. The highest BCUT2D eigenvalue weighted by Gasteiger charge is 2.44. The molecule has 0 bridgehead atoms. The van der Waals surface area contributed by atoms with Gasteiger partial charge in [0.15, 0.2) is 0 Å². The Morgan fingerprint density at radius 3 is 2.16 bits per heavy atom. The third kappa shape index (κ3) is 8.34. The molecular weight excluding hydrogens is 511 g/mol. The maximum absolute atomic E-state index is 13.2. The number of nitrogen functional groups attached to an aromatic ring is 1. The van der Waals surface area contributed by atoms with E-state index in [4.69, 9.17) is 39.9 Å². The molecule has 0 amide bonds. The number of ether oxygens (including phenoxy) is 3. The average molecular weight is 544 g/mol. The number of nitrogens with two attached hydrogens (primary N) is 1. The largest absolute Gasteiger partial charge is 0.480 e. The van der Waals surface area contributed by atoms with Gasteiger partial charge in [-0.25, -0.2) is 18.4 Å². The summed E-state index contributed by atoms with van der Waals surface area (Å²) in [6.07, 6.45) is 6.46. The predicted molar refractivity (Wildman–Crippen MR) is 128 cm³/mol. The minimum Gasteiger partial charge on any atom is -0.437 e. The topological polar surface area (TPSA) is 180 Å². The molecule has 14 nitrogen and oxygen atoms in total. The number of aromatic nitrogens is 3. The molecule has 0 aliphatic carbocycles. The Labute approximate surface area is 214 Å². The first-order valence-electron chi connectivity index (χ1n) is 11.3. The zero-order valence-corrected chi connectivity index (χ0v) is 22.6. The van der Waals surface area contributed by atoms with Gasteiger partial charge in [-0.15, -0.1) is 6.42 Å². The lowest BCUT2D eigenvalue weighted by atomic mass is 9.98. The number of hydrogen-bond acceptors (Lipinski definition) is 13. The van der Waals surface area contributed by atoms with Crippen LogP contribution in [0.25, 0.3) is 0 Å². The zero-order chi connectivity index (χ0) is 28.1. The van der Waals surface area contributed by atoms with Crippen molar-refractivity contribution in [3.63, 3.8) is 0 Å². The second-order valence-electron chi connectivity index (χ2n) is 10.2. The Balaban J connectivity index is 2.08. The molecular formula is C22H33N4O10P. The van der Waals surface area contributed by atoms with Gasteiger partial charge in [-0.3, -0.25) is 14.1 Å². The fourth-order valence-electron chi connectivity index (χ4n) is 2.80. The van der Waals surface area contributed by atoms with Crippen molar-refractivity contribution in [2.75, 3.05) is 25.9 Å². The Morgan fingerprint density at radius 1 is 1.16 bits per heavy atom. The van der Waals surface area contributed by atoms with Crippen molar-refractivity contribution in [1.82, 2.24) is 14.8 Å². The normalized spacial score (nSPS) is 20.3. The van der Waals surface area contributed by atoms with Crippen molar-refractivity contribution >= 4 is 25.6 Å². The van der Waals surface area contributed by atoms with Crippen LogP contribution < -0.4 is 11.4 Å². The first-order chi connectivity index (χ1) is 17.0. The molecule has 0 spiro atoms. The van der Waals surface area contributed by atoms with Gasteiger partial charge in [0.25, 0.3) is 0 Å². The van der Waals surface area contributed by atoms with Crippen molar-refractivity contribution < 1.29 is 41.9 Å². The summed E-state index contributed by atoms with van der Waals surface area (Å²) in [5.41, 5.74) is 1.43. The van der Waals surface area contributed by atoms with E-state index in [1.165, 1.54) is 0 Å². The lowest BCUT2D eigenvalue weighted by Crippen LogP contribution is -2.43. The van der Waals surface area contributed by atoms with Crippen LogP contribution in [-0.4, -0.2) is 53.0 Å². The van der Waals surface area contributed by atoms with Crippen molar-refractivity contribution in [3.05, 3.63) is 16.7 Å². The standard InChI is InChI=1S/C22H33N4O10P/c1-8-22(26-19(29)25-16(23)11-24-26)10-9-15(36-22)12-33-37(30,34-13-31-17(27)20(2,3)4)35-14-32-18(28)21(5,6)7/h1,11,15H,9-10,12-14H2,2-7H3,(H2,23,25,29). The van der Waals surface area contributed by atoms with E-state index in [1.54, 1.807) is 41.5 Å². The molecule has 2 N–H and O–H groups in total. The van der Waals surface area contributed by atoms with Gasteiger partial charge in [-0.2, -0.15) is 14.8 Å². The Hall–Kier alpha value is -2.82. The van der Waals surface area contributed by atoms with Gasteiger partial charge in [-0.05, 0) is 53.9 Å². The van der Waals surface area contributed by atoms with E-state index >= 15 is 0 Å². The number of phosphoric ester groups is 1. The molecule has 2 rings (SSSR count). The first kappa shape index (κ1) is 30.4. The summed E-state index contributed by atoms with van der Waals surface area (Å²) in [4.78, 5) is 39.8. The molecule has 1 aromatic heterocycles. The smallest absolute Gasteiger partial charge is 0.437 e. The highest BCUT2D eigenvalue weighted by Crippen LogP contribution is 2.50. The van der Waals surface area contributed by atoms with E-state index in [-0.39, 0.29) is 25.3 Å². The van der Waals surface area contributed by atoms with Gasteiger partial charge in [0.05, 0.1) is 29.7 Å². The molecule has 15 heteroatoms. The van der Waals surface area contributed by atoms with Crippen molar-refractivity contribution in [3.8, 4) is 12.3 Å². The van der Waals surface area contributed by atoms with Crippen LogP contribution >= 0.6 is 7.82 Å². The summed E-state index contributed by atoms with van der Waals surface area (Å²) in [5.74, 6) is 1.08. The van der Waals surface area contributed by atoms with Crippen LogP contribution in [0.2, 0.25) is 0 Å². The van der Waals surface area contributed by atoms with Crippen molar-refractivity contribution in [2.45, 2.75) is 66.2 Å². The fourth-order valence-corrected chi connectivity index (χ4v) is 3.74. The molecule has 0 aromatic carbocycles. The monoisotopic (exact) mass is 544 g/mol. The molecule has 2 heterocycles. The molecule has 0 saturated carbocycles. The van der Waals surface area contributed by atoms with E-state index in [1.807, 2.05) is 0 Å². The van der Waals surface area contributed by atoms with Crippen LogP contribution in [0.4, 0.5) is 5.82 Å². The van der Waals surface area contributed by atoms with E-state index in [0.717, 1.165) is 10.9 Å². The summed E-state index contributed by atoms with van der Waals surface area (Å²) in [7, 11) is -4.43. The average Bonchev–Trinajstić information content (AvgIpc) is 3.21. The maximum Gasteiger partial charge on any atom is 0.480 e. The summed E-state index contributed by atoms with van der Waals surface area (Å²) >= 11 is 0. The van der Waals surface area contributed by atoms with Crippen LogP contribution in [-0.2, 0) is 47.7 Å². The third-order valence-corrected chi connectivity index (χ3v) is 6.20. The highest BCUT2D eigenvalue weighted by molar-refractivity contribution is 7.48. The summed E-state index contributed by atoms with van der Waals surface area (Å²) < 4.78 is 45.4. The summed E-state index contributed by atoms with van der Waals surface area (Å²) in [5, 5.41) is 3.91. The quantitative estimate of drug-likeness (QED) is 0.195. The number of carbonyl (C=O) groups excluding carboxylic acids is 2. The van der Waals surface area contributed by atoms with E-state index in [0.29, 0.717) is 0 Å². The third-order valence-electron chi connectivity index (χ3n) is 4.89. The summed E-state index contributed by atoms with van der Waals surface area (Å²) in [6.45, 7) is 7.88. The molecule has 1 aliphatic heterocycles. The number of hydrogen-bond donors (Lipinski definition) is 1. The number of terminal acetylenes is 1. The molecule has 1 saturated heterocycles. The van der Waals surface area contributed by atoms with Crippen molar-refractivity contribution in [1.29, 1.82) is 0 Å². The van der Waals surface area contributed by atoms with Gasteiger partial charge in [0.1, 0.15) is 5.82 Å². The molecule has 0 radical (unpaired) electrons. The Bertz CT molecular complexity index is 1100. The van der Waals surface area contributed by atoms with Crippen LogP contribution in [0.15, 0.2) is 11.0 Å². The van der Waals surface area contributed by atoms with Crippen molar-refractivity contribution in [2.24, 2.45) is 10.8 Å². The molecule has 1 aliphatic rings. The van der Waals surface area contributed by atoms with Crippen LogP contribution in [0.1, 0.15) is 54.4 Å². The van der Waals surface area contributed by atoms with Gasteiger partial charge < -0.3 is 19.9 Å². The highest BCUT2D eigenvalue weighted by atomic mass is 31.2. The number of esters is 2. The minimum atomic E-state index is -4.43. The zero-order valence-electron chi connectivity index (χ0n) is 21.7. The second kappa shape index (κ2) is 11.7. The van der Waals surface area contributed by atoms with Gasteiger partial charge >= 0.3 is 25.5 Å². The van der Waals surface area contributed by atoms with Crippen LogP contribution in [0, 0.1) is 23.2 Å². The predicted octanol–water partition coefficient (Wildman–Crippen LogP) is 1.94. The first-order valence-corrected chi connectivity index (χ1v) is 12.7. The lowest BCUT2D eigenvalue weighted by molar-refractivity contribution is -0.163. The van der Waals surface area contributed by atoms with E-state index in [9.17, 15) is 18.9 Å². The molecule has 1 fully saturated rings. The fraction of sp³-hybridized carbons (Fsp3) is 0.682. The van der Waals surface area contributed by atoms with Gasteiger partial charge in [0, 0.05) is 6.42 Å². The minimum absolute atomic E-state index is 0.0825. The SMILES string of the molecule is C#CC1(n2ncc(N)nc2=O)CCC(COP(=O)(OCOC(=O)C(C)(C)C)OCOC(=O)C(C)(C)C)O1.